The van der Waals surface area contributed by atoms with E-state index in [0.717, 1.165) is 11.1 Å². The highest BCUT2D eigenvalue weighted by atomic mass is 32.2. The van der Waals surface area contributed by atoms with Crippen LogP contribution in [0.1, 0.15) is 17.2 Å². The van der Waals surface area contributed by atoms with Crippen molar-refractivity contribution in [2.24, 2.45) is 5.73 Å². The molecule has 0 fully saturated rings. The summed E-state index contributed by atoms with van der Waals surface area (Å²) in [5.74, 6) is -0.320. The Labute approximate surface area is 113 Å². The summed E-state index contributed by atoms with van der Waals surface area (Å²) in [7, 11) is -1.22. The highest BCUT2D eigenvalue weighted by Gasteiger charge is 2.34. The van der Waals surface area contributed by atoms with Gasteiger partial charge in [-0.3, -0.25) is 4.21 Å². The van der Waals surface area contributed by atoms with Crippen molar-refractivity contribution in [3.05, 3.63) is 65.5 Å². The summed E-state index contributed by atoms with van der Waals surface area (Å²) in [5.41, 5.74) is 8.43. The second-order valence-electron chi connectivity index (χ2n) is 4.72. The topological polar surface area (TPSA) is 43.1 Å². The summed E-state index contributed by atoms with van der Waals surface area (Å²) in [4.78, 5) is 0.634. The largest absolute Gasteiger partial charge is 0.323 e. The molecule has 0 spiro atoms. The van der Waals surface area contributed by atoms with Crippen molar-refractivity contribution >= 4 is 10.8 Å². The van der Waals surface area contributed by atoms with Gasteiger partial charge in [-0.05, 0) is 41.8 Å². The monoisotopic (exact) mass is 275 g/mol. The minimum Gasteiger partial charge on any atom is -0.323 e. The lowest BCUT2D eigenvalue weighted by molar-refractivity contribution is 0.625. The van der Waals surface area contributed by atoms with Crippen LogP contribution in [-0.4, -0.2) is 9.46 Å². The van der Waals surface area contributed by atoms with E-state index in [1.807, 2.05) is 24.3 Å². The van der Waals surface area contributed by atoms with E-state index in [4.69, 9.17) is 5.73 Å². The first kappa shape index (κ1) is 12.5. The van der Waals surface area contributed by atoms with Gasteiger partial charge in [0.05, 0.1) is 16.0 Å². The van der Waals surface area contributed by atoms with Crippen molar-refractivity contribution in [2.75, 3.05) is 0 Å². The van der Waals surface area contributed by atoms with Crippen molar-refractivity contribution in [3.63, 3.8) is 0 Å². The molecule has 1 aliphatic rings. The zero-order valence-corrected chi connectivity index (χ0v) is 11.1. The standard InChI is InChI=1S/C15H14FNOS/c16-11-5-7-12(8-6-11)19(18)14-9-10-3-1-2-4-13(10)15(14)17/h1-8,14-15H,9,17H2. The third-order valence-corrected chi connectivity index (χ3v) is 5.30. The zero-order valence-electron chi connectivity index (χ0n) is 10.3. The second kappa shape index (κ2) is 4.87. The van der Waals surface area contributed by atoms with Gasteiger partial charge >= 0.3 is 0 Å². The Bertz CT molecular complexity index is 626. The Morgan fingerprint density at radius 1 is 1.11 bits per heavy atom. The minimum absolute atomic E-state index is 0.136. The highest BCUT2D eigenvalue weighted by molar-refractivity contribution is 7.85. The van der Waals surface area contributed by atoms with Crippen LogP contribution < -0.4 is 5.73 Å². The van der Waals surface area contributed by atoms with Crippen molar-refractivity contribution in [1.29, 1.82) is 0 Å². The fourth-order valence-electron chi connectivity index (χ4n) is 2.54. The molecule has 4 heteroatoms. The quantitative estimate of drug-likeness (QED) is 0.915. The van der Waals surface area contributed by atoms with Gasteiger partial charge in [0.1, 0.15) is 5.82 Å². The molecule has 3 unspecified atom stereocenters. The van der Waals surface area contributed by atoms with E-state index >= 15 is 0 Å². The number of rotatable bonds is 2. The Hall–Kier alpha value is -1.52. The lowest BCUT2D eigenvalue weighted by Crippen LogP contribution is -2.26. The smallest absolute Gasteiger partial charge is 0.123 e. The maximum absolute atomic E-state index is 12.9. The first-order valence-corrected chi connectivity index (χ1v) is 7.37. The molecule has 1 aliphatic carbocycles. The lowest BCUT2D eigenvalue weighted by Gasteiger charge is -2.15. The van der Waals surface area contributed by atoms with Gasteiger partial charge in [-0.2, -0.15) is 0 Å². The van der Waals surface area contributed by atoms with E-state index < -0.39 is 10.8 Å². The molecule has 0 aliphatic heterocycles. The molecule has 19 heavy (non-hydrogen) atoms. The van der Waals surface area contributed by atoms with E-state index in [2.05, 4.69) is 0 Å². The number of benzene rings is 2. The van der Waals surface area contributed by atoms with E-state index in [1.54, 1.807) is 12.1 Å². The molecule has 2 nitrogen and oxygen atoms in total. The highest BCUT2D eigenvalue weighted by Crippen LogP contribution is 2.34. The molecule has 98 valence electrons. The minimum atomic E-state index is -1.22. The van der Waals surface area contributed by atoms with Gasteiger partial charge in [-0.25, -0.2) is 4.39 Å². The van der Waals surface area contributed by atoms with Gasteiger partial charge in [0.25, 0.3) is 0 Å². The average molecular weight is 275 g/mol. The molecular formula is C15H14FNOS. The fraction of sp³-hybridized carbons (Fsp3) is 0.200. The van der Waals surface area contributed by atoms with Crippen molar-refractivity contribution < 1.29 is 8.60 Å². The van der Waals surface area contributed by atoms with Crippen LogP contribution in [0.3, 0.4) is 0 Å². The summed E-state index contributed by atoms with van der Waals surface area (Å²) >= 11 is 0. The van der Waals surface area contributed by atoms with E-state index in [1.165, 1.54) is 12.1 Å². The molecule has 3 atom stereocenters. The summed E-state index contributed by atoms with van der Waals surface area (Å²) in [6.45, 7) is 0. The number of nitrogens with two attached hydrogens (primary N) is 1. The van der Waals surface area contributed by atoms with Gasteiger partial charge < -0.3 is 5.73 Å². The van der Waals surface area contributed by atoms with Crippen molar-refractivity contribution in [2.45, 2.75) is 22.6 Å². The summed E-state index contributed by atoms with van der Waals surface area (Å²) < 4.78 is 25.4. The summed E-state index contributed by atoms with van der Waals surface area (Å²) in [6, 6.07) is 13.5. The van der Waals surface area contributed by atoms with E-state index in [9.17, 15) is 8.60 Å². The van der Waals surface area contributed by atoms with Gasteiger partial charge in [0.15, 0.2) is 0 Å². The first-order valence-electron chi connectivity index (χ1n) is 6.16. The molecular weight excluding hydrogens is 261 g/mol. The van der Waals surface area contributed by atoms with Gasteiger partial charge in [0, 0.05) is 10.9 Å². The Balaban J connectivity index is 1.89. The van der Waals surface area contributed by atoms with Crippen molar-refractivity contribution in [3.8, 4) is 0 Å². The third-order valence-electron chi connectivity index (χ3n) is 3.56. The fourth-order valence-corrected chi connectivity index (χ4v) is 4.04. The molecule has 0 heterocycles. The predicted molar refractivity (Wildman–Crippen MR) is 73.7 cm³/mol. The molecule has 2 N–H and O–H groups in total. The Kier molecular flexibility index (Phi) is 3.21. The molecule has 2 aromatic rings. The molecule has 0 amide bonds. The lowest BCUT2D eigenvalue weighted by atomic mass is 10.1. The summed E-state index contributed by atoms with van der Waals surface area (Å²) in [5, 5.41) is -0.136. The van der Waals surface area contributed by atoms with Crippen LogP contribution in [0.2, 0.25) is 0 Å². The van der Waals surface area contributed by atoms with Crippen LogP contribution in [0.25, 0.3) is 0 Å². The van der Waals surface area contributed by atoms with Gasteiger partial charge in [-0.1, -0.05) is 24.3 Å². The van der Waals surface area contributed by atoms with Gasteiger partial charge in [0.2, 0.25) is 0 Å². The average Bonchev–Trinajstić information content (AvgIpc) is 2.77. The number of fused-ring (bicyclic) bond motifs is 1. The van der Waals surface area contributed by atoms with Crippen LogP contribution in [0, 0.1) is 5.82 Å². The molecule has 0 saturated heterocycles. The predicted octanol–water partition coefficient (Wildman–Crippen LogP) is 2.56. The van der Waals surface area contributed by atoms with E-state index in [0.29, 0.717) is 11.3 Å². The molecule has 0 saturated carbocycles. The Morgan fingerprint density at radius 3 is 2.47 bits per heavy atom. The SMILES string of the molecule is NC1c2ccccc2CC1S(=O)c1ccc(F)cc1. The molecule has 0 radical (unpaired) electrons. The zero-order chi connectivity index (χ0) is 13.4. The van der Waals surface area contributed by atoms with E-state index in [-0.39, 0.29) is 17.1 Å². The Morgan fingerprint density at radius 2 is 1.79 bits per heavy atom. The summed E-state index contributed by atoms with van der Waals surface area (Å²) in [6.07, 6.45) is 0.710. The van der Waals surface area contributed by atoms with Crippen LogP contribution in [-0.2, 0) is 17.2 Å². The molecule has 2 aromatic carbocycles. The second-order valence-corrected chi connectivity index (χ2v) is 6.39. The molecule has 0 bridgehead atoms. The van der Waals surface area contributed by atoms with Gasteiger partial charge in [-0.15, -0.1) is 0 Å². The molecule has 3 rings (SSSR count). The van der Waals surface area contributed by atoms with Crippen LogP contribution in [0.5, 0.6) is 0 Å². The maximum Gasteiger partial charge on any atom is 0.123 e. The number of halogens is 1. The number of hydrogen-bond acceptors (Lipinski definition) is 2. The maximum atomic E-state index is 12.9. The third kappa shape index (κ3) is 2.22. The first-order chi connectivity index (χ1) is 9.16. The van der Waals surface area contributed by atoms with Crippen LogP contribution in [0.4, 0.5) is 4.39 Å². The molecule has 0 aromatic heterocycles. The normalized spacial score (nSPS) is 23.1. The van der Waals surface area contributed by atoms with Crippen molar-refractivity contribution in [1.82, 2.24) is 0 Å². The number of hydrogen-bond donors (Lipinski definition) is 1. The van der Waals surface area contributed by atoms with Crippen LogP contribution in [0.15, 0.2) is 53.4 Å². The van der Waals surface area contributed by atoms with Crippen LogP contribution >= 0.6 is 0 Å².